The molecule has 41 valence electrons. The van der Waals surface area contributed by atoms with Crippen molar-refractivity contribution in [1.82, 2.24) is 0 Å². The van der Waals surface area contributed by atoms with Gasteiger partial charge in [-0.2, -0.15) is 0 Å². The second-order valence-corrected chi connectivity index (χ2v) is 3.17. The third kappa shape index (κ3) is 1.59. The molecule has 0 N–H and O–H groups in total. The molecule has 1 aromatic rings. The van der Waals surface area contributed by atoms with Gasteiger partial charge in [-0.1, -0.05) is 12.6 Å². The molecule has 0 nitrogen and oxygen atoms in total. The summed E-state index contributed by atoms with van der Waals surface area (Å²) in [5.74, 6) is 0. The molecule has 0 aromatic heterocycles. The van der Waals surface area contributed by atoms with Crippen molar-refractivity contribution in [3.8, 4) is 0 Å². The maximum Gasteiger partial charge on any atom is 0.0377 e. The van der Waals surface area contributed by atoms with Crippen molar-refractivity contribution in [2.45, 2.75) is 4.90 Å². The Morgan fingerprint density at radius 3 is 2.00 bits per heavy atom. The maximum atomic E-state index is 4.87. The lowest BCUT2D eigenvalue weighted by molar-refractivity contribution is 1.45. The van der Waals surface area contributed by atoms with Crippen LogP contribution in [0.3, 0.4) is 0 Å². The highest BCUT2D eigenvalue weighted by Crippen LogP contribution is 2.08. The van der Waals surface area contributed by atoms with Crippen LogP contribution in [-0.4, -0.2) is 0 Å². The molecule has 0 fully saturated rings. The highest BCUT2D eigenvalue weighted by Gasteiger charge is 1.83. The topological polar surface area (TPSA) is 0 Å². The maximum absolute atomic E-state index is 4.87. The van der Waals surface area contributed by atoms with Crippen LogP contribution < -0.4 is 0 Å². The van der Waals surface area contributed by atoms with E-state index < -0.39 is 0 Å². The number of hydrogen-bond donors (Lipinski definition) is 0. The average Bonchev–Trinajstić information content (AvgIpc) is 1.77. The van der Waals surface area contributed by atoms with Crippen LogP contribution in [0.15, 0.2) is 29.2 Å². The van der Waals surface area contributed by atoms with E-state index in [1.54, 1.807) is 0 Å². The van der Waals surface area contributed by atoms with E-state index in [1.807, 2.05) is 24.3 Å². The Hall–Kier alpha value is 0.170. The zero-order valence-electron chi connectivity index (χ0n) is 4.10. The molecule has 0 aliphatic carbocycles. The Kier molecular flexibility index (Phi) is 2.08. The quantitative estimate of drug-likeness (QED) is 0.606. The van der Waals surface area contributed by atoms with E-state index >= 15 is 0 Å². The summed E-state index contributed by atoms with van der Waals surface area (Å²) in [6.45, 7) is 0. The van der Waals surface area contributed by atoms with E-state index in [1.165, 1.54) is 3.57 Å². The summed E-state index contributed by atoms with van der Waals surface area (Å²) >= 11 is 7.12. The Morgan fingerprint density at radius 1 is 1.12 bits per heavy atom. The van der Waals surface area contributed by atoms with Crippen LogP contribution >= 0.6 is 35.2 Å². The number of halogens is 1. The van der Waals surface area contributed by atoms with Crippen molar-refractivity contribution in [3.63, 3.8) is 0 Å². The molecule has 1 radical (unpaired) electrons. The van der Waals surface area contributed by atoms with Gasteiger partial charge < -0.3 is 0 Å². The predicted molar refractivity (Wildman–Crippen MR) is 45.0 cm³/mol. The van der Waals surface area contributed by atoms with Gasteiger partial charge in [0, 0.05) is 8.47 Å². The third-order valence-corrected chi connectivity index (χ3v) is 1.80. The summed E-state index contributed by atoms with van der Waals surface area (Å²) in [6, 6.07) is 7.86. The van der Waals surface area contributed by atoms with E-state index in [-0.39, 0.29) is 0 Å². The SMILES string of the molecule is [S]c1ccc(I)cc1. The number of rotatable bonds is 0. The van der Waals surface area contributed by atoms with Crippen molar-refractivity contribution >= 4 is 35.2 Å². The molecule has 0 saturated heterocycles. The standard InChI is InChI=1S/C6H4IS/c7-5-1-3-6(8)4-2-5/h1-4H. The molecule has 0 aliphatic rings. The Morgan fingerprint density at radius 2 is 1.62 bits per heavy atom. The largest absolute Gasteiger partial charge is 0.0801 e. The van der Waals surface area contributed by atoms with E-state index in [2.05, 4.69) is 22.6 Å². The van der Waals surface area contributed by atoms with Gasteiger partial charge in [-0.05, 0) is 46.9 Å². The van der Waals surface area contributed by atoms with Gasteiger partial charge in [0.25, 0.3) is 0 Å². The summed E-state index contributed by atoms with van der Waals surface area (Å²) in [4.78, 5) is 0.908. The Bertz CT molecular complexity index is 147. The van der Waals surface area contributed by atoms with Gasteiger partial charge in [-0.15, -0.1) is 0 Å². The molecule has 0 unspecified atom stereocenters. The first-order valence-electron chi connectivity index (χ1n) is 2.21. The Balaban J connectivity index is 3.03. The fraction of sp³-hybridized carbons (Fsp3) is 0. The first kappa shape index (κ1) is 6.29. The van der Waals surface area contributed by atoms with Crippen LogP contribution in [0.5, 0.6) is 0 Å². The summed E-state index contributed by atoms with van der Waals surface area (Å²) < 4.78 is 1.23. The minimum atomic E-state index is 0.908. The van der Waals surface area contributed by atoms with Gasteiger partial charge in [0.2, 0.25) is 0 Å². The zero-order valence-corrected chi connectivity index (χ0v) is 7.07. The molecule has 1 rings (SSSR count). The second kappa shape index (κ2) is 2.64. The first-order valence-corrected chi connectivity index (χ1v) is 3.70. The number of hydrogen-bond acceptors (Lipinski definition) is 0. The Labute approximate surface area is 67.8 Å². The van der Waals surface area contributed by atoms with Crippen molar-refractivity contribution in [2.75, 3.05) is 0 Å². The van der Waals surface area contributed by atoms with E-state index in [0.29, 0.717) is 0 Å². The van der Waals surface area contributed by atoms with Gasteiger partial charge in [-0.3, -0.25) is 0 Å². The van der Waals surface area contributed by atoms with Gasteiger partial charge in [0.1, 0.15) is 0 Å². The smallest absolute Gasteiger partial charge is 0.0377 e. The van der Waals surface area contributed by atoms with E-state index in [4.69, 9.17) is 12.6 Å². The van der Waals surface area contributed by atoms with Crippen LogP contribution in [-0.2, 0) is 0 Å². The van der Waals surface area contributed by atoms with Gasteiger partial charge in [0.05, 0.1) is 0 Å². The molecule has 0 amide bonds. The predicted octanol–water partition coefficient (Wildman–Crippen LogP) is 2.85. The van der Waals surface area contributed by atoms with Crippen molar-refractivity contribution in [3.05, 3.63) is 27.8 Å². The molecule has 0 aliphatic heterocycles. The van der Waals surface area contributed by atoms with Gasteiger partial charge in [-0.25, -0.2) is 0 Å². The lowest BCUT2D eigenvalue weighted by atomic mass is 10.4. The molecule has 0 saturated carbocycles. The molecule has 2 heteroatoms. The summed E-state index contributed by atoms with van der Waals surface area (Å²) in [5, 5.41) is 0. The van der Waals surface area contributed by atoms with Crippen molar-refractivity contribution < 1.29 is 0 Å². The molecular formula is C6H4IS. The first-order chi connectivity index (χ1) is 3.79. The fourth-order valence-electron chi connectivity index (χ4n) is 0.435. The minimum Gasteiger partial charge on any atom is -0.0801 e. The summed E-state index contributed by atoms with van der Waals surface area (Å²) in [7, 11) is 0. The van der Waals surface area contributed by atoms with Gasteiger partial charge >= 0.3 is 0 Å². The zero-order chi connectivity index (χ0) is 5.98. The second-order valence-electron chi connectivity index (χ2n) is 1.45. The van der Waals surface area contributed by atoms with E-state index in [9.17, 15) is 0 Å². The van der Waals surface area contributed by atoms with Crippen LogP contribution in [0.2, 0.25) is 0 Å². The minimum absolute atomic E-state index is 0.908. The highest BCUT2D eigenvalue weighted by molar-refractivity contribution is 14.1. The fourth-order valence-corrected chi connectivity index (χ4v) is 0.930. The van der Waals surface area contributed by atoms with Crippen LogP contribution in [0.1, 0.15) is 0 Å². The van der Waals surface area contributed by atoms with Crippen molar-refractivity contribution in [1.29, 1.82) is 0 Å². The normalized spacial score (nSPS) is 9.12. The molecule has 0 spiro atoms. The lowest BCUT2D eigenvalue weighted by Gasteiger charge is -1.86. The summed E-state index contributed by atoms with van der Waals surface area (Å²) in [6.07, 6.45) is 0. The van der Waals surface area contributed by atoms with E-state index in [0.717, 1.165) is 4.90 Å². The molecule has 0 atom stereocenters. The van der Waals surface area contributed by atoms with Crippen LogP contribution in [0.4, 0.5) is 0 Å². The monoisotopic (exact) mass is 235 g/mol. The summed E-state index contributed by atoms with van der Waals surface area (Å²) in [5.41, 5.74) is 0. The van der Waals surface area contributed by atoms with Crippen LogP contribution in [0.25, 0.3) is 0 Å². The van der Waals surface area contributed by atoms with Gasteiger partial charge in [0.15, 0.2) is 0 Å². The molecular weight excluding hydrogens is 231 g/mol. The third-order valence-electron chi connectivity index (χ3n) is 0.814. The average molecular weight is 235 g/mol. The number of benzene rings is 1. The highest BCUT2D eigenvalue weighted by atomic mass is 127. The molecule has 1 aromatic carbocycles. The molecule has 0 bridgehead atoms. The lowest BCUT2D eigenvalue weighted by Crippen LogP contribution is -1.66. The molecule has 8 heavy (non-hydrogen) atoms. The van der Waals surface area contributed by atoms with Crippen LogP contribution in [0, 0.1) is 3.57 Å². The van der Waals surface area contributed by atoms with Crippen molar-refractivity contribution in [2.24, 2.45) is 0 Å². The molecule has 0 heterocycles.